The Labute approximate surface area is 174 Å². The molecule has 1 aromatic rings. The van der Waals surface area contributed by atoms with Crippen LogP contribution < -0.4 is 5.32 Å². The fraction of sp³-hybridized carbons (Fsp3) is 0.625. The summed E-state index contributed by atoms with van der Waals surface area (Å²) in [5, 5.41) is 3.11. The summed E-state index contributed by atoms with van der Waals surface area (Å²) < 4.78 is 0. The lowest BCUT2D eigenvalue weighted by Gasteiger charge is -2.24. The van der Waals surface area contributed by atoms with E-state index >= 15 is 0 Å². The van der Waals surface area contributed by atoms with Gasteiger partial charge >= 0.3 is 0 Å². The lowest BCUT2D eigenvalue weighted by atomic mass is 9.81. The van der Waals surface area contributed by atoms with Crippen LogP contribution in [0.5, 0.6) is 0 Å². The summed E-state index contributed by atoms with van der Waals surface area (Å²) in [6.07, 6.45) is 3.80. The van der Waals surface area contributed by atoms with E-state index in [0.717, 1.165) is 31.2 Å². The van der Waals surface area contributed by atoms with E-state index in [9.17, 15) is 14.4 Å². The molecule has 1 saturated carbocycles. The smallest absolute Gasteiger partial charge is 0.233 e. The summed E-state index contributed by atoms with van der Waals surface area (Å²) in [5.74, 6) is 0.142. The molecule has 0 aromatic heterocycles. The summed E-state index contributed by atoms with van der Waals surface area (Å²) >= 11 is 0. The minimum atomic E-state index is -0.151. The van der Waals surface area contributed by atoms with Gasteiger partial charge in [-0.1, -0.05) is 64.8 Å². The number of hydrogen-bond acceptors (Lipinski definition) is 3. The molecule has 3 atom stereocenters. The van der Waals surface area contributed by atoms with Gasteiger partial charge in [0.2, 0.25) is 17.7 Å². The summed E-state index contributed by atoms with van der Waals surface area (Å²) in [5.41, 5.74) is 2.35. The standard InChI is InChI=1S/C24H34N2O3/c1-15(2)17-9-11-18(12-10-17)22(16(3)4)25-21(27)13-14-26-23(28)19-7-5-6-8-20(19)24(26)29/h9-12,15-16,19-20,22H,5-8,13-14H2,1-4H3,(H,25,27)/t19-,20+,22-/m0/s1. The second-order valence-electron chi connectivity index (χ2n) is 9.19. The van der Waals surface area contributed by atoms with Crippen LogP contribution in [0.25, 0.3) is 0 Å². The van der Waals surface area contributed by atoms with Crippen molar-refractivity contribution in [1.29, 1.82) is 0 Å². The molecule has 158 valence electrons. The number of hydrogen-bond donors (Lipinski definition) is 1. The average Bonchev–Trinajstić information content (AvgIpc) is 2.95. The number of carbonyl (C=O) groups is 3. The molecule has 1 aliphatic heterocycles. The van der Waals surface area contributed by atoms with E-state index in [1.165, 1.54) is 10.5 Å². The minimum Gasteiger partial charge on any atom is -0.349 e. The quantitative estimate of drug-likeness (QED) is 0.701. The van der Waals surface area contributed by atoms with Gasteiger partial charge in [-0.3, -0.25) is 19.3 Å². The molecule has 1 aromatic carbocycles. The molecule has 29 heavy (non-hydrogen) atoms. The highest BCUT2D eigenvalue weighted by Crippen LogP contribution is 2.38. The van der Waals surface area contributed by atoms with E-state index in [1.54, 1.807) is 0 Å². The summed E-state index contributed by atoms with van der Waals surface area (Å²) in [6.45, 7) is 8.67. The lowest BCUT2D eigenvalue weighted by molar-refractivity contribution is -0.140. The first-order valence-electron chi connectivity index (χ1n) is 11.0. The third-order valence-corrected chi connectivity index (χ3v) is 6.44. The van der Waals surface area contributed by atoms with E-state index in [-0.39, 0.29) is 54.5 Å². The van der Waals surface area contributed by atoms with E-state index in [0.29, 0.717) is 5.92 Å². The first kappa shape index (κ1) is 21.5. The number of nitrogens with zero attached hydrogens (tertiary/aromatic N) is 1. The first-order valence-corrected chi connectivity index (χ1v) is 11.0. The van der Waals surface area contributed by atoms with Crippen LogP contribution in [0, 0.1) is 17.8 Å². The van der Waals surface area contributed by atoms with Crippen molar-refractivity contribution in [2.24, 2.45) is 17.8 Å². The SMILES string of the molecule is CC(C)c1ccc([C@@H](NC(=O)CCN2C(=O)[C@H]3CCCC[C@H]3C2=O)C(C)C)cc1. The van der Waals surface area contributed by atoms with Gasteiger partial charge in [-0.15, -0.1) is 0 Å². The molecule has 0 unspecified atom stereocenters. The van der Waals surface area contributed by atoms with Crippen molar-refractivity contribution in [2.45, 2.75) is 71.8 Å². The molecule has 1 aliphatic carbocycles. The van der Waals surface area contributed by atoms with Crippen molar-refractivity contribution >= 4 is 17.7 Å². The normalized spacial score (nSPS) is 22.9. The molecule has 5 nitrogen and oxygen atoms in total. The molecule has 2 fully saturated rings. The average molecular weight is 399 g/mol. The Morgan fingerprint density at radius 3 is 1.97 bits per heavy atom. The molecule has 0 spiro atoms. The molecular weight excluding hydrogens is 364 g/mol. The molecule has 5 heteroatoms. The van der Waals surface area contributed by atoms with Crippen LogP contribution >= 0.6 is 0 Å². The van der Waals surface area contributed by atoms with Gasteiger partial charge in [-0.2, -0.15) is 0 Å². The monoisotopic (exact) mass is 398 g/mol. The number of nitrogens with one attached hydrogen (secondary N) is 1. The van der Waals surface area contributed by atoms with Crippen molar-refractivity contribution < 1.29 is 14.4 Å². The molecule has 3 rings (SSSR count). The van der Waals surface area contributed by atoms with E-state index in [4.69, 9.17) is 0 Å². The minimum absolute atomic E-state index is 0.0721. The third kappa shape index (κ3) is 4.71. The Hall–Kier alpha value is -2.17. The van der Waals surface area contributed by atoms with Gasteiger partial charge in [0, 0.05) is 13.0 Å². The lowest BCUT2D eigenvalue weighted by Crippen LogP contribution is -2.37. The predicted molar refractivity (Wildman–Crippen MR) is 113 cm³/mol. The highest BCUT2D eigenvalue weighted by Gasteiger charge is 2.47. The van der Waals surface area contributed by atoms with Gasteiger partial charge in [-0.25, -0.2) is 0 Å². The number of fused-ring (bicyclic) bond motifs is 1. The fourth-order valence-electron chi connectivity index (χ4n) is 4.63. The zero-order valence-electron chi connectivity index (χ0n) is 18.1. The molecule has 1 saturated heterocycles. The van der Waals surface area contributed by atoms with Crippen LogP contribution in [0.4, 0.5) is 0 Å². The number of likely N-dealkylation sites (tertiary alicyclic amines) is 1. The van der Waals surface area contributed by atoms with Gasteiger partial charge in [0.15, 0.2) is 0 Å². The molecular formula is C24H34N2O3. The van der Waals surface area contributed by atoms with Gasteiger partial charge < -0.3 is 5.32 Å². The number of rotatable bonds is 7. The second kappa shape index (κ2) is 9.10. The Kier molecular flexibility index (Phi) is 6.76. The topological polar surface area (TPSA) is 66.5 Å². The predicted octanol–water partition coefficient (Wildman–Crippen LogP) is 4.19. The van der Waals surface area contributed by atoms with Crippen molar-refractivity contribution in [1.82, 2.24) is 10.2 Å². The van der Waals surface area contributed by atoms with Crippen molar-refractivity contribution in [3.05, 3.63) is 35.4 Å². The van der Waals surface area contributed by atoms with Crippen molar-refractivity contribution in [3.63, 3.8) is 0 Å². The Morgan fingerprint density at radius 2 is 1.48 bits per heavy atom. The van der Waals surface area contributed by atoms with E-state index < -0.39 is 0 Å². The van der Waals surface area contributed by atoms with Crippen LogP contribution in [0.3, 0.4) is 0 Å². The maximum Gasteiger partial charge on any atom is 0.233 e. The molecule has 1 N–H and O–H groups in total. The van der Waals surface area contributed by atoms with Gasteiger partial charge in [0.25, 0.3) is 0 Å². The maximum atomic E-state index is 12.6. The molecule has 0 bridgehead atoms. The second-order valence-corrected chi connectivity index (χ2v) is 9.19. The highest BCUT2D eigenvalue weighted by atomic mass is 16.2. The van der Waals surface area contributed by atoms with E-state index in [2.05, 4.69) is 57.3 Å². The van der Waals surface area contributed by atoms with Crippen molar-refractivity contribution in [2.75, 3.05) is 6.54 Å². The number of amides is 3. The van der Waals surface area contributed by atoms with Crippen LogP contribution in [0.15, 0.2) is 24.3 Å². The zero-order chi connectivity index (χ0) is 21.1. The van der Waals surface area contributed by atoms with Gasteiger partial charge in [0.05, 0.1) is 17.9 Å². The number of benzene rings is 1. The van der Waals surface area contributed by atoms with Crippen LogP contribution in [-0.2, 0) is 14.4 Å². The van der Waals surface area contributed by atoms with Crippen LogP contribution in [0.1, 0.15) is 82.9 Å². The van der Waals surface area contributed by atoms with Crippen molar-refractivity contribution in [3.8, 4) is 0 Å². The van der Waals surface area contributed by atoms with Crippen LogP contribution in [-0.4, -0.2) is 29.2 Å². The first-order chi connectivity index (χ1) is 13.8. The fourth-order valence-corrected chi connectivity index (χ4v) is 4.63. The summed E-state index contributed by atoms with van der Waals surface area (Å²) in [6, 6.07) is 8.31. The van der Waals surface area contributed by atoms with Gasteiger partial charge in [0.1, 0.15) is 0 Å². The molecule has 2 aliphatic rings. The molecule has 0 radical (unpaired) electrons. The zero-order valence-corrected chi connectivity index (χ0v) is 18.1. The maximum absolute atomic E-state index is 12.6. The van der Waals surface area contributed by atoms with Gasteiger partial charge in [-0.05, 0) is 35.8 Å². The number of imide groups is 1. The summed E-state index contributed by atoms with van der Waals surface area (Å²) in [7, 11) is 0. The Morgan fingerprint density at radius 1 is 0.966 bits per heavy atom. The van der Waals surface area contributed by atoms with E-state index in [1.807, 2.05) is 0 Å². The Balaban J connectivity index is 1.59. The molecule has 3 amide bonds. The third-order valence-electron chi connectivity index (χ3n) is 6.44. The molecule has 1 heterocycles. The highest BCUT2D eigenvalue weighted by molar-refractivity contribution is 6.05. The Bertz CT molecular complexity index is 730. The van der Waals surface area contributed by atoms with Crippen LogP contribution in [0.2, 0.25) is 0 Å². The largest absolute Gasteiger partial charge is 0.349 e. The summed E-state index contributed by atoms with van der Waals surface area (Å²) in [4.78, 5) is 39.1. The number of carbonyl (C=O) groups excluding carboxylic acids is 3.